The lowest BCUT2D eigenvalue weighted by atomic mass is 10.0. The predicted molar refractivity (Wildman–Crippen MR) is 158 cm³/mol. The molecule has 11 nitrogen and oxygen atoms in total. The van der Waals surface area contributed by atoms with Crippen molar-refractivity contribution in [1.29, 1.82) is 0 Å². The molecule has 0 radical (unpaired) electrons. The number of imidazole rings is 1. The fraction of sp³-hybridized carbons (Fsp3) is 0.367. The van der Waals surface area contributed by atoms with Crippen LogP contribution in [0.4, 0.5) is 0 Å². The Hall–Kier alpha value is -4.22. The number of aromatic nitrogens is 5. The van der Waals surface area contributed by atoms with Crippen molar-refractivity contribution in [3.63, 3.8) is 0 Å². The maximum absolute atomic E-state index is 13.3. The Morgan fingerprint density at radius 2 is 1.95 bits per heavy atom. The smallest absolute Gasteiger partial charge is 0.251 e. The van der Waals surface area contributed by atoms with E-state index in [2.05, 4.69) is 30.8 Å². The Morgan fingerprint density at radius 3 is 2.74 bits per heavy atom. The normalized spacial score (nSPS) is 17.6. The first-order chi connectivity index (χ1) is 20.4. The third-order valence-corrected chi connectivity index (χ3v) is 7.39. The summed E-state index contributed by atoms with van der Waals surface area (Å²) in [5.41, 5.74) is 2.15. The average Bonchev–Trinajstić information content (AvgIpc) is 3.61. The number of hydrogen-bond donors (Lipinski definition) is 2. The summed E-state index contributed by atoms with van der Waals surface area (Å²) in [4.78, 5) is 33.3. The Balaban J connectivity index is 1.34. The van der Waals surface area contributed by atoms with Gasteiger partial charge in [-0.1, -0.05) is 47.1 Å². The molecule has 0 spiro atoms. The summed E-state index contributed by atoms with van der Waals surface area (Å²) in [6, 6.07) is 13.7. The molecule has 2 aliphatic heterocycles. The molecule has 4 aromatic rings. The van der Waals surface area contributed by atoms with Gasteiger partial charge >= 0.3 is 0 Å². The fourth-order valence-electron chi connectivity index (χ4n) is 4.82. The molecule has 0 fully saturated rings. The molecule has 0 unspecified atom stereocenters. The first kappa shape index (κ1) is 29.3. The zero-order valence-corrected chi connectivity index (χ0v) is 24.3. The minimum atomic E-state index is -0.762. The number of ether oxygens (including phenoxy) is 1. The fourth-order valence-corrected chi connectivity index (χ4v) is 5.05. The molecule has 42 heavy (non-hydrogen) atoms. The van der Waals surface area contributed by atoms with Crippen molar-refractivity contribution in [3.8, 4) is 5.75 Å². The molecule has 0 aliphatic carbocycles. The topological polar surface area (TPSA) is 119 Å². The number of nitrogens with one attached hydrogen (secondary N) is 2. The molecule has 12 heteroatoms. The highest BCUT2D eigenvalue weighted by Crippen LogP contribution is 2.26. The molecule has 1 atom stereocenters. The van der Waals surface area contributed by atoms with E-state index in [0.717, 1.165) is 17.1 Å². The lowest BCUT2D eigenvalue weighted by Crippen LogP contribution is -2.48. The zero-order valence-electron chi connectivity index (χ0n) is 23.6. The Labute approximate surface area is 249 Å². The largest absolute Gasteiger partial charge is 0.492 e. The summed E-state index contributed by atoms with van der Waals surface area (Å²) >= 11 is 6.45. The third-order valence-electron chi connectivity index (χ3n) is 7.10. The molecule has 4 bridgehead atoms. The number of carbonyl (C=O) groups excluding carboxylic acids is 2. The molecule has 2 aliphatic rings. The maximum Gasteiger partial charge on any atom is 0.251 e. The average molecular weight is 591 g/mol. The van der Waals surface area contributed by atoms with Gasteiger partial charge in [0.2, 0.25) is 5.91 Å². The first-order valence-corrected chi connectivity index (χ1v) is 14.4. The second kappa shape index (κ2) is 14.1. The molecule has 2 amide bonds. The molecule has 2 N–H and O–H groups in total. The van der Waals surface area contributed by atoms with Gasteiger partial charge in [0.25, 0.3) is 5.91 Å². The molecular weight excluding hydrogens is 556 g/mol. The predicted octanol–water partition coefficient (Wildman–Crippen LogP) is 3.00. The molecule has 6 rings (SSSR count). The lowest BCUT2D eigenvalue weighted by molar-refractivity contribution is -0.123. The summed E-state index contributed by atoms with van der Waals surface area (Å²) < 4.78 is 9.67. The lowest BCUT2D eigenvalue weighted by Gasteiger charge is -2.22. The van der Waals surface area contributed by atoms with Crippen LogP contribution in [0, 0.1) is 0 Å². The summed E-state index contributed by atoms with van der Waals surface area (Å²) in [7, 11) is 1.97. The van der Waals surface area contributed by atoms with Gasteiger partial charge in [0.05, 0.1) is 23.9 Å². The molecule has 220 valence electrons. The van der Waals surface area contributed by atoms with E-state index < -0.39 is 6.04 Å². The summed E-state index contributed by atoms with van der Waals surface area (Å²) in [6.45, 7) is 3.43. The highest BCUT2D eigenvalue weighted by atomic mass is 35.5. The SMILES string of the molecule is Cn1ccnc1CN1CCCNC(=O)[C@H](Cc2ccccc2)NC(=O)c2ccc(c(Cl)c2)OCCCn2cc(nn2)C1. The van der Waals surface area contributed by atoms with Gasteiger partial charge in [-0.05, 0) is 30.2 Å². The number of rotatable bonds is 4. The van der Waals surface area contributed by atoms with Crippen LogP contribution in [0.3, 0.4) is 0 Å². The number of amides is 2. The van der Waals surface area contributed by atoms with Crippen LogP contribution >= 0.6 is 11.6 Å². The molecule has 0 saturated heterocycles. The van der Waals surface area contributed by atoms with Crippen molar-refractivity contribution < 1.29 is 14.3 Å². The van der Waals surface area contributed by atoms with Crippen LogP contribution in [-0.4, -0.2) is 67.0 Å². The van der Waals surface area contributed by atoms with E-state index in [0.29, 0.717) is 74.9 Å². The third kappa shape index (κ3) is 7.95. The van der Waals surface area contributed by atoms with Crippen molar-refractivity contribution in [2.75, 3.05) is 19.7 Å². The first-order valence-electron chi connectivity index (χ1n) is 14.1. The highest BCUT2D eigenvalue weighted by Gasteiger charge is 2.23. The van der Waals surface area contributed by atoms with Gasteiger partial charge in [-0.25, -0.2) is 4.98 Å². The zero-order chi connectivity index (χ0) is 29.3. The van der Waals surface area contributed by atoms with E-state index in [4.69, 9.17) is 16.3 Å². The van der Waals surface area contributed by atoms with Crippen LogP contribution in [-0.2, 0) is 37.9 Å². The van der Waals surface area contributed by atoms with E-state index >= 15 is 0 Å². The standard InChI is InChI=1S/C30H35ClN8O3/c1-37-15-12-32-28(37)21-38-13-5-11-33-30(41)26(17-22-7-3-2-4-8-22)34-29(40)23-9-10-27(25(31)18-23)42-16-6-14-39-20-24(19-38)35-36-39/h2-4,7-10,12,15,18,20,26H,5-6,11,13-14,16-17,19,21H2,1H3,(H,33,41)(H,34,40)/t26-/m0/s1. The van der Waals surface area contributed by atoms with E-state index in [1.807, 2.05) is 59.0 Å². The Bertz CT molecular complexity index is 1490. The van der Waals surface area contributed by atoms with Crippen LogP contribution in [0.1, 0.15) is 40.3 Å². The van der Waals surface area contributed by atoms with Crippen LogP contribution in [0.5, 0.6) is 5.75 Å². The highest BCUT2D eigenvalue weighted by molar-refractivity contribution is 6.32. The van der Waals surface area contributed by atoms with Gasteiger partial charge in [-0.3, -0.25) is 19.2 Å². The van der Waals surface area contributed by atoms with E-state index in [9.17, 15) is 9.59 Å². The van der Waals surface area contributed by atoms with Crippen molar-refractivity contribution in [2.24, 2.45) is 7.05 Å². The van der Waals surface area contributed by atoms with Crippen LogP contribution in [0.25, 0.3) is 0 Å². The van der Waals surface area contributed by atoms with Gasteiger partial charge in [0.15, 0.2) is 0 Å². The van der Waals surface area contributed by atoms with Gasteiger partial charge in [0, 0.05) is 70.2 Å². The van der Waals surface area contributed by atoms with Crippen LogP contribution in [0.2, 0.25) is 5.02 Å². The van der Waals surface area contributed by atoms with Gasteiger partial charge in [-0.15, -0.1) is 5.10 Å². The summed E-state index contributed by atoms with van der Waals surface area (Å²) in [6.07, 6.45) is 7.41. The summed E-state index contributed by atoms with van der Waals surface area (Å²) in [5.74, 6) is 0.795. The number of hydrogen-bond acceptors (Lipinski definition) is 7. The minimum absolute atomic E-state index is 0.247. The Morgan fingerprint density at radius 1 is 1.10 bits per heavy atom. The van der Waals surface area contributed by atoms with Gasteiger partial charge < -0.3 is 19.9 Å². The number of benzene rings is 2. The second-order valence-corrected chi connectivity index (χ2v) is 10.8. The second-order valence-electron chi connectivity index (χ2n) is 10.3. The van der Waals surface area contributed by atoms with Crippen molar-refractivity contribution >= 4 is 23.4 Å². The number of halogens is 1. The molecular formula is C30H35ClN8O3. The van der Waals surface area contributed by atoms with Crippen LogP contribution < -0.4 is 15.4 Å². The van der Waals surface area contributed by atoms with E-state index in [1.54, 1.807) is 24.4 Å². The van der Waals surface area contributed by atoms with Crippen molar-refractivity contribution in [2.45, 2.75) is 44.9 Å². The van der Waals surface area contributed by atoms with Crippen LogP contribution in [0.15, 0.2) is 67.1 Å². The minimum Gasteiger partial charge on any atom is -0.492 e. The molecule has 4 heterocycles. The van der Waals surface area contributed by atoms with E-state index in [-0.39, 0.29) is 11.8 Å². The molecule has 0 saturated carbocycles. The maximum atomic E-state index is 13.3. The van der Waals surface area contributed by atoms with Crippen molar-refractivity contribution in [3.05, 3.63) is 94.8 Å². The Kier molecular flexibility index (Phi) is 9.83. The monoisotopic (exact) mass is 590 g/mol. The van der Waals surface area contributed by atoms with Gasteiger partial charge in [0.1, 0.15) is 17.6 Å². The van der Waals surface area contributed by atoms with Gasteiger partial charge in [-0.2, -0.15) is 0 Å². The van der Waals surface area contributed by atoms with E-state index in [1.165, 1.54) is 0 Å². The molecule has 2 aromatic heterocycles. The number of carbonyl (C=O) groups is 2. The number of fused-ring (bicyclic) bond motifs is 14. The molecule has 2 aromatic carbocycles. The number of nitrogens with zero attached hydrogens (tertiary/aromatic N) is 6. The summed E-state index contributed by atoms with van der Waals surface area (Å²) in [5, 5.41) is 14.9. The van der Waals surface area contributed by atoms with Crippen molar-refractivity contribution in [1.82, 2.24) is 40.1 Å². The quantitative estimate of drug-likeness (QED) is 0.375. The number of aryl methyl sites for hydroxylation is 2.